The smallest absolute Gasteiger partial charge is 0.286 e. The van der Waals surface area contributed by atoms with Crippen molar-refractivity contribution in [2.45, 2.75) is 51.1 Å². The van der Waals surface area contributed by atoms with Crippen LogP contribution in [0.15, 0.2) is 78.6 Å². The molecule has 10 nitrogen and oxygen atoms in total. The highest BCUT2D eigenvalue weighted by atomic mass is 16.7. The number of amides is 2. The average molecular weight is 574 g/mol. The number of unbranched alkanes of at least 4 members (excludes halogenated alkanes) is 1. The van der Waals surface area contributed by atoms with Gasteiger partial charge in [-0.1, -0.05) is 42.5 Å². The number of para-hydroxylation sites is 2. The lowest BCUT2D eigenvalue weighted by Gasteiger charge is -2.29. The quantitative estimate of drug-likeness (QED) is 0.185. The number of hydrogen-bond donors (Lipinski definition) is 4. The van der Waals surface area contributed by atoms with Crippen LogP contribution in [-0.2, 0) is 32.3 Å². The van der Waals surface area contributed by atoms with Gasteiger partial charge >= 0.3 is 0 Å². The number of allylic oxidation sites excluding steroid dienone is 1. The lowest BCUT2D eigenvalue weighted by Crippen LogP contribution is -2.33. The van der Waals surface area contributed by atoms with E-state index in [-0.39, 0.29) is 43.5 Å². The van der Waals surface area contributed by atoms with Crippen LogP contribution >= 0.6 is 0 Å². The molecule has 0 radical (unpaired) electrons. The van der Waals surface area contributed by atoms with Gasteiger partial charge in [0.15, 0.2) is 17.3 Å². The Morgan fingerprint density at radius 1 is 0.976 bits per heavy atom. The van der Waals surface area contributed by atoms with E-state index in [1.165, 1.54) is 0 Å². The molecule has 0 unspecified atom stereocenters. The van der Waals surface area contributed by atoms with E-state index in [4.69, 9.17) is 24.7 Å². The van der Waals surface area contributed by atoms with Crippen LogP contribution in [0.1, 0.15) is 48.3 Å². The van der Waals surface area contributed by atoms with Crippen LogP contribution in [0.2, 0.25) is 0 Å². The van der Waals surface area contributed by atoms with E-state index in [1.54, 1.807) is 18.2 Å². The second-order valence-electron chi connectivity index (χ2n) is 10.2. The van der Waals surface area contributed by atoms with Gasteiger partial charge in [0, 0.05) is 25.3 Å². The minimum absolute atomic E-state index is 0.0244. The number of hydrogen-bond acceptors (Lipinski definition) is 8. The zero-order valence-electron chi connectivity index (χ0n) is 23.2. The largest absolute Gasteiger partial charge is 0.459 e. The first-order valence-corrected chi connectivity index (χ1v) is 14.0. The summed E-state index contributed by atoms with van der Waals surface area (Å²) in [7, 11) is 0. The minimum atomic E-state index is -0.655. The molecule has 2 aliphatic heterocycles. The lowest BCUT2D eigenvalue weighted by atomic mass is 9.92. The van der Waals surface area contributed by atoms with Gasteiger partial charge in [0.05, 0.1) is 24.6 Å². The molecular weight excluding hydrogens is 538 g/mol. The second kappa shape index (κ2) is 13.9. The van der Waals surface area contributed by atoms with Crippen LogP contribution in [0.5, 0.6) is 11.5 Å². The molecule has 2 atom stereocenters. The van der Waals surface area contributed by atoms with Crippen molar-refractivity contribution in [2.75, 3.05) is 24.4 Å². The number of rotatable bonds is 12. The van der Waals surface area contributed by atoms with Crippen LogP contribution in [0.4, 0.5) is 11.4 Å². The van der Waals surface area contributed by atoms with Crippen LogP contribution in [0, 0.1) is 0 Å². The van der Waals surface area contributed by atoms with Crippen LogP contribution < -0.4 is 25.8 Å². The summed E-state index contributed by atoms with van der Waals surface area (Å²) in [5.74, 6) is 0.913. The molecule has 3 aromatic rings. The molecule has 0 bridgehead atoms. The van der Waals surface area contributed by atoms with Crippen molar-refractivity contribution >= 4 is 23.2 Å². The maximum absolute atomic E-state index is 13.1. The molecule has 5 rings (SSSR count). The fraction of sp³-hybridized carbons (Fsp3) is 0.312. The zero-order chi connectivity index (χ0) is 29.3. The van der Waals surface area contributed by atoms with Crippen molar-refractivity contribution in [3.05, 3.63) is 95.3 Å². The number of nitrogens with two attached hydrogens (primary N) is 1. The third-order valence-electron chi connectivity index (χ3n) is 7.10. The average Bonchev–Trinajstić information content (AvgIpc) is 3.49. The van der Waals surface area contributed by atoms with Crippen LogP contribution in [0.25, 0.3) is 0 Å². The minimum Gasteiger partial charge on any atom is -0.459 e. The van der Waals surface area contributed by atoms with Gasteiger partial charge in [0.25, 0.3) is 5.91 Å². The number of aliphatic hydroxyl groups excluding tert-OH is 1. The molecule has 5 N–H and O–H groups in total. The first kappa shape index (κ1) is 29.0. The third-order valence-corrected chi connectivity index (χ3v) is 7.10. The Morgan fingerprint density at radius 3 is 2.57 bits per heavy atom. The first-order chi connectivity index (χ1) is 20.5. The SMILES string of the molecule is Nc1ccccc1NC(=O)CCCCNC(=O)C1=C[C@H](c2ccc3c(c2)OCO3)C[C@H](OCc2ccc(CO)cc2)O1. The van der Waals surface area contributed by atoms with Crippen molar-refractivity contribution in [3.8, 4) is 11.5 Å². The van der Waals surface area contributed by atoms with E-state index < -0.39 is 6.29 Å². The summed E-state index contributed by atoms with van der Waals surface area (Å²) in [6.07, 6.45) is 3.18. The summed E-state index contributed by atoms with van der Waals surface area (Å²) < 4.78 is 23.1. The van der Waals surface area contributed by atoms with Gasteiger partial charge < -0.3 is 40.4 Å². The molecule has 0 saturated carbocycles. The number of aliphatic hydroxyl groups is 1. The molecule has 42 heavy (non-hydrogen) atoms. The molecule has 2 amide bonds. The van der Waals surface area contributed by atoms with E-state index >= 15 is 0 Å². The van der Waals surface area contributed by atoms with Crippen molar-refractivity contribution in [1.29, 1.82) is 0 Å². The second-order valence-corrected chi connectivity index (χ2v) is 10.2. The van der Waals surface area contributed by atoms with E-state index in [9.17, 15) is 14.7 Å². The Bertz CT molecular complexity index is 1420. The number of anilines is 2. The Morgan fingerprint density at radius 2 is 1.76 bits per heavy atom. The van der Waals surface area contributed by atoms with Gasteiger partial charge in [0.2, 0.25) is 19.0 Å². The zero-order valence-corrected chi connectivity index (χ0v) is 23.2. The molecule has 0 aromatic heterocycles. The predicted octanol–water partition coefficient (Wildman–Crippen LogP) is 4.35. The van der Waals surface area contributed by atoms with Gasteiger partial charge in [-0.25, -0.2) is 0 Å². The standard InChI is InChI=1S/C32H35N3O7/c33-25-5-1-2-6-26(25)35-30(37)7-3-4-14-34-32(38)29-16-24(23-12-13-27-28(15-23)41-20-40-27)17-31(42-29)39-19-22-10-8-21(18-36)9-11-22/h1-2,5-6,8-13,15-16,24,31,36H,3-4,7,14,17-20,33H2,(H,34,38)(H,35,37)/t24-,31+/m0/s1. The van der Waals surface area contributed by atoms with E-state index in [1.807, 2.05) is 54.6 Å². The topological polar surface area (TPSA) is 141 Å². The highest BCUT2D eigenvalue weighted by Gasteiger charge is 2.30. The maximum atomic E-state index is 13.1. The molecule has 10 heteroatoms. The third kappa shape index (κ3) is 7.59. The summed E-state index contributed by atoms with van der Waals surface area (Å²) in [5, 5.41) is 15.0. The number of nitrogen functional groups attached to an aromatic ring is 1. The predicted molar refractivity (Wildman–Crippen MR) is 156 cm³/mol. The fourth-order valence-corrected chi connectivity index (χ4v) is 4.75. The van der Waals surface area contributed by atoms with E-state index in [0.717, 1.165) is 16.7 Å². The van der Waals surface area contributed by atoms with Gasteiger partial charge in [-0.2, -0.15) is 0 Å². The van der Waals surface area contributed by atoms with Crippen LogP contribution in [0.3, 0.4) is 0 Å². The molecule has 2 aliphatic rings. The summed E-state index contributed by atoms with van der Waals surface area (Å²) in [6.45, 7) is 0.829. The Labute approximate surface area is 244 Å². The van der Waals surface area contributed by atoms with Gasteiger partial charge in [-0.3, -0.25) is 9.59 Å². The van der Waals surface area contributed by atoms with E-state index in [0.29, 0.717) is 55.1 Å². The van der Waals surface area contributed by atoms with Crippen molar-refractivity contribution in [1.82, 2.24) is 5.32 Å². The Kier molecular flexibility index (Phi) is 9.58. The summed E-state index contributed by atoms with van der Waals surface area (Å²) >= 11 is 0. The summed E-state index contributed by atoms with van der Waals surface area (Å²) in [4.78, 5) is 25.4. The molecule has 3 aromatic carbocycles. The molecule has 220 valence electrons. The first-order valence-electron chi connectivity index (χ1n) is 14.0. The number of carbonyl (C=O) groups excluding carboxylic acids is 2. The summed E-state index contributed by atoms with van der Waals surface area (Å²) in [5.41, 5.74) is 9.69. The number of benzene rings is 3. The van der Waals surface area contributed by atoms with Gasteiger partial charge in [0.1, 0.15) is 0 Å². The number of carbonyl (C=O) groups is 2. The van der Waals surface area contributed by atoms with Crippen LogP contribution in [-0.4, -0.2) is 36.5 Å². The molecular formula is C32H35N3O7. The molecule has 0 fully saturated rings. The molecule has 0 saturated heterocycles. The number of nitrogens with one attached hydrogen (secondary N) is 2. The highest BCUT2D eigenvalue weighted by Crippen LogP contribution is 2.38. The highest BCUT2D eigenvalue weighted by molar-refractivity contribution is 5.93. The molecule has 2 heterocycles. The maximum Gasteiger partial charge on any atom is 0.286 e. The van der Waals surface area contributed by atoms with E-state index in [2.05, 4.69) is 10.6 Å². The molecule has 0 aliphatic carbocycles. The monoisotopic (exact) mass is 573 g/mol. The van der Waals surface area contributed by atoms with Gasteiger partial charge in [-0.15, -0.1) is 0 Å². The van der Waals surface area contributed by atoms with Gasteiger partial charge in [-0.05, 0) is 59.9 Å². The Hall–Kier alpha value is -4.54. The fourth-order valence-electron chi connectivity index (χ4n) is 4.75. The summed E-state index contributed by atoms with van der Waals surface area (Å²) in [6, 6.07) is 20.3. The number of fused-ring (bicyclic) bond motifs is 1. The lowest BCUT2D eigenvalue weighted by molar-refractivity contribution is -0.150. The van der Waals surface area contributed by atoms with Crippen molar-refractivity contribution in [3.63, 3.8) is 0 Å². The van der Waals surface area contributed by atoms with Crippen molar-refractivity contribution in [2.24, 2.45) is 0 Å². The van der Waals surface area contributed by atoms with Crippen molar-refractivity contribution < 1.29 is 33.6 Å². The number of ether oxygens (including phenoxy) is 4. The Balaban J connectivity index is 1.16. The normalized spacial score (nSPS) is 17.2. The molecule has 0 spiro atoms.